The number of esters is 1. The van der Waals surface area contributed by atoms with Crippen molar-refractivity contribution in [3.63, 3.8) is 0 Å². The Bertz CT molecular complexity index is 756. The maximum atomic E-state index is 11.9. The number of carbonyl (C=O) groups is 1. The number of nitrogens with zero attached hydrogens (tertiary/aromatic N) is 2. The summed E-state index contributed by atoms with van der Waals surface area (Å²) in [4.78, 5) is 23.0. The van der Waals surface area contributed by atoms with E-state index < -0.39 is 27.4 Å². The van der Waals surface area contributed by atoms with Gasteiger partial charge >= 0.3 is 5.97 Å². The summed E-state index contributed by atoms with van der Waals surface area (Å²) in [6.07, 6.45) is 2.72. The van der Waals surface area contributed by atoms with Gasteiger partial charge in [-0.15, -0.1) is 0 Å². The fraction of sp³-hybridized carbons (Fsp3) is 0.364. The second-order valence-electron chi connectivity index (χ2n) is 4.32. The van der Waals surface area contributed by atoms with Gasteiger partial charge in [0.1, 0.15) is 11.6 Å². The van der Waals surface area contributed by atoms with Crippen molar-refractivity contribution < 1.29 is 17.9 Å². The van der Waals surface area contributed by atoms with Gasteiger partial charge in [-0.3, -0.25) is 9.59 Å². The third kappa shape index (κ3) is 3.61. The number of anilines is 1. The number of ether oxygens (including phenoxy) is 1. The molecule has 1 N–H and O–H groups in total. The molecule has 0 radical (unpaired) electrons. The number of sulfone groups is 1. The Morgan fingerprint density at radius 2 is 2.33 bits per heavy atom. The zero-order valence-electron chi connectivity index (χ0n) is 10.9. The molecule has 2 heterocycles. The van der Waals surface area contributed by atoms with Crippen LogP contribution in [0.3, 0.4) is 0 Å². The molecule has 1 unspecified atom stereocenters. The van der Waals surface area contributed by atoms with E-state index in [4.69, 9.17) is 11.6 Å². The van der Waals surface area contributed by atoms with Crippen molar-refractivity contribution in [3.8, 4) is 0 Å². The topological polar surface area (TPSA) is 107 Å². The Balaban J connectivity index is 2.20. The molecular weight excluding hydrogens is 322 g/mol. The lowest BCUT2D eigenvalue weighted by Gasteiger charge is -2.13. The molecule has 0 spiro atoms. The van der Waals surface area contributed by atoms with E-state index in [9.17, 15) is 18.0 Å². The number of aromatic nitrogens is 2. The molecule has 1 atom stereocenters. The van der Waals surface area contributed by atoms with Gasteiger partial charge in [0.05, 0.1) is 30.8 Å². The number of halogens is 1. The quantitative estimate of drug-likeness (QED) is 0.760. The summed E-state index contributed by atoms with van der Waals surface area (Å²) in [7, 11) is -2.02. The minimum Gasteiger partial charge on any atom is -0.468 e. The van der Waals surface area contributed by atoms with Gasteiger partial charge in [-0.2, -0.15) is 5.10 Å². The largest absolute Gasteiger partial charge is 0.468 e. The first-order valence-electron chi connectivity index (χ1n) is 5.82. The van der Waals surface area contributed by atoms with Crippen molar-refractivity contribution in [2.75, 3.05) is 18.2 Å². The van der Waals surface area contributed by atoms with E-state index in [1.54, 1.807) is 0 Å². The summed E-state index contributed by atoms with van der Waals surface area (Å²) < 4.78 is 27.9. The van der Waals surface area contributed by atoms with Gasteiger partial charge in [0.25, 0.3) is 5.56 Å². The highest BCUT2D eigenvalue weighted by molar-refractivity contribution is 7.94. The summed E-state index contributed by atoms with van der Waals surface area (Å²) in [5, 5.41) is 7.53. The van der Waals surface area contributed by atoms with Crippen molar-refractivity contribution in [2.45, 2.75) is 12.6 Å². The first-order chi connectivity index (χ1) is 9.82. The highest BCUT2D eigenvalue weighted by Crippen LogP contribution is 2.19. The van der Waals surface area contributed by atoms with E-state index in [0.29, 0.717) is 0 Å². The number of hydrogen-bond acceptors (Lipinski definition) is 7. The normalized spacial score (nSPS) is 19.4. The molecule has 0 aromatic carbocycles. The van der Waals surface area contributed by atoms with Crippen LogP contribution in [-0.4, -0.2) is 43.1 Å². The first kappa shape index (κ1) is 15.5. The fourth-order valence-corrected chi connectivity index (χ4v) is 3.17. The van der Waals surface area contributed by atoms with E-state index in [-0.39, 0.29) is 23.0 Å². The number of nitrogens with one attached hydrogen (secondary N) is 1. The maximum Gasteiger partial charge on any atom is 0.327 e. The lowest BCUT2D eigenvalue weighted by Crippen LogP contribution is -2.29. The van der Waals surface area contributed by atoms with Crippen molar-refractivity contribution in [2.24, 2.45) is 0 Å². The van der Waals surface area contributed by atoms with Gasteiger partial charge in [0.15, 0.2) is 9.84 Å². The fourth-order valence-electron chi connectivity index (χ4n) is 1.73. The number of carbonyl (C=O) groups excluding carboxylic acids is 1. The maximum absolute atomic E-state index is 11.9. The van der Waals surface area contributed by atoms with E-state index in [2.05, 4.69) is 15.2 Å². The smallest absolute Gasteiger partial charge is 0.327 e. The summed E-state index contributed by atoms with van der Waals surface area (Å²) in [6, 6.07) is -0.481. The van der Waals surface area contributed by atoms with Crippen LogP contribution in [-0.2, 0) is 25.9 Å². The van der Waals surface area contributed by atoms with E-state index in [1.165, 1.54) is 19.4 Å². The molecule has 21 heavy (non-hydrogen) atoms. The summed E-state index contributed by atoms with van der Waals surface area (Å²) in [5.74, 6) is -0.750. The van der Waals surface area contributed by atoms with Crippen molar-refractivity contribution in [1.29, 1.82) is 0 Å². The minimum atomic E-state index is -3.22. The van der Waals surface area contributed by atoms with Crippen molar-refractivity contribution >= 4 is 33.1 Å². The van der Waals surface area contributed by atoms with E-state index in [1.807, 2.05) is 0 Å². The van der Waals surface area contributed by atoms with Gasteiger partial charge < -0.3 is 10.1 Å². The standard InChI is InChI=1S/C11H12ClN3O5S/c1-20-9(16)5-15-11(17)10(12)8(4-13-15)14-7-2-3-21(18,19)6-7/h2-4,7,14H,5-6H2,1H3. The molecule has 114 valence electrons. The average molecular weight is 334 g/mol. The Kier molecular flexibility index (Phi) is 4.33. The molecule has 1 aliphatic heterocycles. The molecule has 1 aliphatic rings. The number of hydrogen-bond donors (Lipinski definition) is 1. The predicted molar refractivity (Wildman–Crippen MR) is 75.9 cm³/mol. The van der Waals surface area contributed by atoms with Crippen LogP contribution in [0.25, 0.3) is 0 Å². The van der Waals surface area contributed by atoms with Crippen LogP contribution >= 0.6 is 11.6 Å². The lowest BCUT2D eigenvalue weighted by molar-refractivity contribution is -0.141. The van der Waals surface area contributed by atoms with Gasteiger partial charge in [0.2, 0.25) is 0 Å². The summed E-state index contributed by atoms with van der Waals surface area (Å²) in [6.45, 7) is -0.354. The Hall–Kier alpha value is -1.87. The molecule has 0 fully saturated rings. The molecule has 0 saturated heterocycles. The third-order valence-electron chi connectivity index (χ3n) is 2.76. The van der Waals surface area contributed by atoms with Gasteiger partial charge in [-0.25, -0.2) is 13.1 Å². The third-order valence-corrected chi connectivity index (χ3v) is 4.52. The zero-order chi connectivity index (χ0) is 15.6. The second kappa shape index (κ2) is 5.86. The summed E-state index contributed by atoms with van der Waals surface area (Å²) >= 11 is 5.91. The molecule has 2 rings (SSSR count). The van der Waals surface area contributed by atoms with Crippen LogP contribution in [0.15, 0.2) is 22.5 Å². The second-order valence-corrected chi connectivity index (χ2v) is 6.63. The van der Waals surface area contributed by atoms with Crippen molar-refractivity contribution in [1.82, 2.24) is 9.78 Å². The van der Waals surface area contributed by atoms with Crippen LogP contribution < -0.4 is 10.9 Å². The number of rotatable bonds is 4. The monoisotopic (exact) mass is 333 g/mol. The number of methoxy groups -OCH3 is 1. The molecule has 0 aliphatic carbocycles. The average Bonchev–Trinajstić information content (AvgIpc) is 2.77. The van der Waals surface area contributed by atoms with Gasteiger partial charge in [-0.05, 0) is 0 Å². The van der Waals surface area contributed by atoms with Crippen LogP contribution in [0, 0.1) is 0 Å². The zero-order valence-corrected chi connectivity index (χ0v) is 12.5. The highest BCUT2D eigenvalue weighted by atomic mass is 35.5. The molecule has 0 bridgehead atoms. The molecule has 1 aromatic rings. The molecule has 0 saturated carbocycles. The molecule has 0 amide bonds. The SMILES string of the molecule is COC(=O)Cn1ncc(NC2C=CS(=O)(=O)C2)c(Cl)c1=O. The lowest BCUT2D eigenvalue weighted by atomic mass is 10.3. The Labute approximate surface area is 125 Å². The van der Waals surface area contributed by atoms with Gasteiger partial charge in [-0.1, -0.05) is 17.7 Å². The van der Waals surface area contributed by atoms with Crippen LogP contribution in [0.4, 0.5) is 5.69 Å². The minimum absolute atomic E-state index is 0.116. The molecular formula is C11H12ClN3O5S. The van der Waals surface area contributed by atoms with Gasteiger partial charge in [0, 0.05) is 5.41 Å². The molecule has 1 aromatic heterocycles. The van der Waals surface area contributed by atoms with E-state index >= 15 is 0 Å². The highest BCUT2D eigenvalue weighted by Gasteiger charge is 2.23. The van der Waals surface area contributed by atoms with E-state index in [0.717, 1.165) is 10.1 Å². The van der Waals surface area contributed by atoms with Crippen LogP contribution in [0.5, 0.6) is 0 Å². The van der Waals surface area contributed by atoms with Crippen LogP contribution in [0.1, 0.15) is 0 Å². The van der Waals surface area contributed by atoms with Crippen LogP contribution in [0.2, 0.25) is 5.02 Å². The molecule has 10 heteroatoms. The predicted octanol–water partition coefficient (Wildman–Crippen LogP) is -0.208. The Morgan fingerprint density at radius 3 is 2.90 bits per heavy atom. The first-order valence-corrected chi connectivity index (χ1v) is 7.91. The Morgan fingerprint density at radius 1 is 1.62 bits per heavy atom. The summed E-state index contributed by atoms with van der Waals surface area (Å²) in [5.41, 5.74) is -0.466. The molecule has 8 nitrogen and oxygen atoms in total. The van der Waals surface area contributed by atoms with Crippen molar-refractivity contribution in [3.05, 3.63) is 33.1 Å².